The van der Waals surface area contributed by atoms with Crippen molar-refractivity contribution in [3.8, 4) is 0 Å². The van der Waals surface area contributed by atoms with Crippen LogP contribution < -0.4 is 5.32 Å². The van der Waals surface area contributed by atoms with E-state index in [-0.39, 0.29) is 12.5 Å². The van der Waals surface area contributed by atoms with Crippen molar-refractivity contribution in [1.82, 2.24) is 0 Å². The summed E-state index contributed by atoms with van der Waals surface area (Å²) < 4.78 is 0. The van der Waals surface area contributed by atoms with Crippen LogP contribution in [-0.4, -0.2) is 23.4 Å². The van der Waals surface area contributed by atoms with Gasteiger partial charge in [0.2, 0.25) is 5.91 Å². The summed E-state index contributed by atoms with van der Waals surface area (Å²) in [4.78, 5) is 11.8. The average molecular weight is 211 g/mol. The largest absolute Gasteiger partial charge is 0.396 e. The minimum atomic E-state index is -0.0687. The van der Waals surface area contributed by atoms with Crippen LogP contribution in [0, 0.1) is 0 Å². The number of carbonyl (C=O) groups is 1. The molecule has 1 amide bonds. The van der Waals surface area contributed by atoms with E-state index in [2.05, 4.69) is 5.32 Å². The lowest BCUT2D eigenvalue weighted by molar-refractivity contribution is -0.114. The van der Waals surface area contributed by atoms with Crippen LogP contribution in [0.5, 0.6) is 0 Å². The van der Waals surface area contributed by atoms with Crippen molar-refractivity contribution in [2.24, 2.45) is 0 Å². The minimum Gasteiger partial charge on any atom is -0.396 e. The van der Waals surface area contributed by atoms with Gasteiger partial charge in [-0.05, 0) is 24.3 Å². The number of rotatable bonds is 4. The van der Waals surface area contributed by atoms with Gasteiger partial charge in [0.15, 0.2) is 0 Å². The van der Waals surface area contributed by atoms with Crippen LogP contribution in [0.1, 0.15) is 6.92 Å². The molecular weight excluding hydrogens is 198 g/mol. The number of aliphatic hydroxyl groups excluding tert-OH is 1. The SMILES string of the molecule is CC(=O)Nc1ccc(SCCO)cc1. The molecule has 0 bridgehead atoms. The third kappa shape index (κ3) is 3.81. The van der Waals surface area contributed by atoms with Crippen LogP contribution in [0.2, 0.25) is 0 Å². The van der Waals surface area contributed by atoms with Crippen molar-refractivity contribution in [2.45, 2.75) is 11.8 Å². The molecule has 2 N–H and O–H groups in total. The Labute approximate surface area is 87.5 Å². The van der Waals surface area contributed by atoms with Gasteiger partial charge in [0, 0.05) is 23.3 Å². The standard InChI is InChI=1S/C10H13NO2S/c1-8(13)11-9-2-4-10(5-3-9)14-7-6-12/h2-5,12H,6-7H2,1H3,(H,11,13). The van der Waals surface area contributed by atoms with Gasteiger partial charge in [-0.3, -0.25) is 4.79 Å². The van der Waals surface area contributed by atoms with Crippen molar-refractivity contribution in [1.29, 1.82) is 0 Å². The third-order valence-electron chi connectivity index (χ3n) is 1.53. The number of amides is 1. The highest BCUT2D eigenvalue weighted by atomic mass is 32.2. The Morgan fingerprint density at radius 1 is 1.43 bits per heavy atom. The molecule has 1 aromatic carbocycles. The molecule has 0 aromatic heterocycles. The Morgan fingerprint density at radius 2 is 2.07 bits per heavy atom. The van der Waals surface area contributed by atoms with Crippen LogP contribution >= 0.6 is 11.8 Å². The molecule has 0 saturated carbocycles. The van der Waals surface area contributed by atoms with Crippen LogP contribution in [0.25, 0.3) is 0 Å². The Hall–Kier alpha value is -1.00. The van der Waals surface area contributed by atoms with E-state index in [1.165, 1.54) is 6.92 Å². The zero-order chi connectivity index (χ0) is 10.4. The summed E-state index contributed by atoms with van der Waals surface area (Å²) in [6.07, 6.45) is 0. The van der Waals surface area contributed by atoms with Gasteiger partial charge in [-0.15, -0.1) is 11.8 Å². The summed E-state index contributed by atoms with van der Waals surface area (Å²) in [6.45, 7) is 1.66. The summed E-state index contributed by atoms with van der Waals surface area (Å²) in [7, 11) is 0. The van der Waals surface area contributed by atoms with Gasteiger partial charge in [-0.2, -0.15) is 0 Å². The number of aliphatic hydroxyl groups is 1. The van der Waals surface area contributed by atoms with Crippen LogP contribution in [0.4, 0.5) is 5.69 Å². The third-order valence-corrected chi connectivity index (χ3v) is 2.53. The van der Waals surface area contributed by atoms with Gasteiger partial charge >= 0.3 is 0 Å². The predicted octanol–water partition coefficient (Wildman–Crippen LogP) is 1.73. The summed E-state index contributed by atoms with van der Waals surface area (Å²) in [5.74, 6) is 0.625. The molecule has 0 fully saturated rings. The molecule has 0 aliphatic heterocycles. The van der Waals surface area contributed by atoms with Crippen LogP contribution in [0.3, 0.4) is 0 Å². The van der Waals surface area contributed by atoms with Crippen molar-refractivity contribution in [3.63, 3.8) is 0 Å². The Balaban J connectivity index is 2.54. The number of hydrogen-bond acceptors (Lipinski definition) is 3. The molecule has 1 aromatic rings. The molecule has 76 valence electrons. The second-order valence-electron chi connectivity index (χ2n) is 2.78. The number of hydrogen-bond donors (Lipinski definition) is 2. The van der Waals surface area contributed by atoms with Crippen molar-refractivity contribution < 1.29 is 9.90 Å². The van der Waals surface area contributed by atoms with E-state index in [4.69, 9.17) is 5.11 Å². The van der Waals surface area contributed by atoms with E-state index >= 15 is 0 Å². The van der Waals surface area contributed by atoms with E-state index < -0.39 is 0 Å². The molecule has 1 rings (SSSR count). The first-order chi connectivity index (χ1) is 6.72. The highest BCUT2D eigenvalue weighted by Crippen LogP contribution is 2.19. The number of thioether (sulfide) groups is 1. The van der Waals surface area contributed by atoms with Gasteiger partial charge in [0.25, 0.3) is 0 Å². The molecule has 0 radical (unpaired) electrons. The molecule has 0 heterocycles. The molecule has 0 saturated heterocycles. The Kier molecular flexibility index (Phi) is 4.49. The molecule has 0 spiro atoms. The van der Waals surface area contributed by atoms with Crippen molar-refractivity contribution in [3.05, 3.63) is 24.3 Å². The lowest BCUT2D eigenvalue weighted by Crippen LogP contribution is -2.05. The number of nitrogens with one attached hydrogen (secondary N) is 1. The van der Waals surface area contributed by atoms with Gasteiger partial charge in [0.1, 0.15) is 0 Å². The average Bonchev–Trinajstić information content (AvgIpc) is 2.16. The minimum absolute atomic E-state index is 0.0687. The number of benzene rings is 1. The monoisotopic (exact) mass is 211 g/mol. The molecule has 0 aliphatic rings. The molecule has 0 unspecified atom stereocenters. The molecule has 0 aliphatic carbocycles. The van der Waals surface area contributed by atoms with Gasteiger partial charge in [0.05, 0.1) is 6.61 Å². The van der Waals surface area contributed by atoms with Gasteiger partial charge < -0.3 is 10.4 Å². The summed E-state index contributed by atoms with van der Waals surface area (Å²) in [5.41, 5.74) is 0.797. The zero-order valence-electron chi connectivity index (χ0n) is 7.99. The molecular formula is C10H13NO2S. The fourth-order valence-electron chi connectivity index (χ4n) is 1.00. The summed E-state index contributed by atoms with van der Waals surface area (Å²) >= 11 is 1.59. The van der Waals surface area contributed by atoms with E-state index in [9.17, 15) is 4.79 Å². The first-order valence-electron chi connectivity index (χ1n) is 4.33. The van der Waals surface area contributed by atoms with E-state index in [0.717, 1.165) is 10.6 Å². The zero-order valence-corrected chi connectivity index (χ0v) is 8.80. The van der Waals surface area contributed by atoms with E-state index in [1.807, 2.05) is 24.3 Å². The predicted molar refractivity (Wildman–Crippen MR) is 58.6 cm³/mol. The second kappa shape index (κ2) is 5.67. The van der Waals surface area contributed by atoms with E-state index in [1.54, 1.807) is 11.8 Å². The van der Waals surface area contributed by atoms with E-state index in [0.29, 0.717) is 5.75 Å². The Morgan fingerprint density at radius 3 is 2.57 bits per heavy atom. The molecule has 4 heteroatoms. The highest BCUT2D eigenvalue weighted by Gasteiger charge is 1.96. The van der Waals surface area contributed by atoms with Crippen LogP contribution in [0.15, 0.2) is 29.2 Å². The lowest BCUT2D eigenvalue weighted by atomic mass is 10.3. The normalized spacial score (nSPS) is 9.86. The smallest absolute Gasteiger partial charge is 0.221 e. The summed E-state index contributed by atoms with van der Waals surface area (Å²) in [6, 6.07) is 7.54. The maximum Gasteiger partial charge on any atom is 0.221 e. The van der Waals surface area contributed by atoms with Crippen molar-refractivity contribution in [2.75, 3.05) is 17.7 Å². The maximum absolute atomic E-state index is 10.7. The Bertz CT molecular complexity index is 297. The molecule has 0 atom stereocenters. The first-order valence-corrected chi connectivity index (χ1v) is 5.32. The topological polar surface area (TPSA) is 49.3 Å². The quantitative estimate of drug-likeness (QED) is 0.746. The lowest BCUT2D eigenvalue weighted by Gasteiger charge is -2.03. The van der Waals surface area contributed by atoms with Gasteiger partial charge in [-0.1, -0.05) is 0 Å². The van der Waals surface area contributed by atoms with Gasteiger partial charge in [-0.25, -0.2) is 0 Å². The van der Waals surface area contributed by atoms with Crippen LogP contribution in [-0.2, 0) is 4.79 Å². The molecule has 3 nitrogen and oxygen atoms in total. The maximum atomic E-state index is 10.7. The first kappa shape index (κ1) is 11.1. The fourth-order valence-corrected chi connectivity index (χ4v) is 1.66. The number of carbonyl (C=O) groups excluding carboxylic acids is 1. The second-order valence-corrected chi connectivity index (χ2v) is 3.95. The fraction of sp³-hybridized carbons (Fsp3) is 0.300. The highest BCUT2D eigenvalue weighted by molar-refractivity contribution is 7.99. The summed E-state index contributed by atoms with van der Waals surface area (Å²) in [5, 5.41) is 11.3. The number of anilines is 1. The molecule has 14 heavy (non-hydrogen) atoms. The van der Waals surface area contributed by atoms with Crippen molar-refractivity contribution >= 4 is 23.4 Å².